The maximum atomic E-state index is 2.64. The van der Waals surface area contributed by atoms with Gasteiger partial charge in [-0.05, 0) is 0 Å². The van der Waals surface area contributed by atoms with E-state index < -0.39 is 0 Å². The van der Waals surface area contributed by atoms with Gasteiger partial charge < -0.3 is 0 Å². The van der Waals surface area contributed by atoms with Crippen LogP contribution in [0.3, 0.4) is 0 Å². The molecule has 3 heteroatoms. The second kappa shape index (κ2) is 4.81. The fourth-order valence-electron chi connectivity index (χ4n) is 0.586. The standard InChI is InChI=1S/C6H7.2FH.Ru/c1-6-4-2-3-5-6;;;/h2,4H,3H2,1H3;2*1H;. The largest absolute Gasteiger partial charge is 0.269 e. The third-order valence-corrected chi connectivity index (χ3v) is 2.12. The first-order chi connectivity index (χ1) is 3.30. The van der Waals surface area contributed by atoms with E-state index >= 15 is 0 Å². The molecule has 0 unspecified atom stereocenters. The van der Waals surface area contributed by atoms with Gasteiger partial charge in [0.25, 0.3) is 0 Å². The number of halogens is 2. The van der Waals surface area contributed by atoms with Crippen molar-refractivity contribution in [3.63, 3.8) is 0 Å². The van der Waals surface area contributed by atoms with Gasteiger partial charge >= 0.3 is 53.5 Å². The van der Waals surface area contributed by atoms with Crippen molar-refractivity contribution >= 4 is 0 Å². The van der Waals surface area contributed by atoms with Crippen LogP contribution in [0.2, 0.25) is 0 Å². The molecule has 0 aromatic carbocycles. The predicted octanol–water partition coefficient (Wildman–Crippen LogP) is 2.07. The number of hydrogen-bond acceptors (Lipinski definition) is 0. The van der Waals surface area contributed by atoms with Gasteiger partial charge in [0, 0.05) is 0 Å². The number of hydrogen-bond donors (Lipinski definition) is 0. The molecule has 0 aromatic rings. The molecule has 9 heavy (non-hydrogen) atoms. The van der Waals surface area contributed by atoms with E-state index in [0.717, 1.165) is 6.42 Å². The molecule has 1 aliphatic rings. The Hall–Kier alpha value is -0.0366. The normalized spacial score (nSPS) is 14.9. The third-order valence-electron chi connectivity index (χ3n) is 1.08. The molecule has 0 spiro atoms. The Kier molecular flexibility index (Phi) is 6.26. The molecule has 0 heterocycles. The van der Waals surface area contributed by atoms with Crippen molar-refractivity contribution in [2.45, 2.75) is 13.3 Å². The first-order valence-electron chi connectivity index (χ1n) is 2.31. The van der Waals surface area contributed by atoms with Crippen LogP contribution in [0.1, 0.15) is 13.3 Å². The van der Waals surface area contributed by atoms with Gasteiger partial charge in [-0.3, -0.25) is 9.41 Å². The zero-order valence-corrected chi connectivity index (χ0v) is 6.77. The van der Waals surface area contributed by atoms with Crippen LogP contribution in [-0.4, -0.2) is 0 Å². The van der Waals surface area contributed by atoms with Gasteiger partial charge in [0.05, 0.1) is 0 Å². The quantitative estimate of drug-likeness (QED) is 0.548. The van der Waals surface area contributed by atoms with E-state index in [4.69, 9.17) is 0 Å². The second-order valence-electron chi connectivity index (χ2n) is 1.68. The van der Waals surface area contributed by atoms with Crippen molar-refractivity contribution in [1.82, 2.24) is 0 Å². The van der Waals surface area contributed by atoms with E-state index in [-0.39, 0.29) is 9.41 Å². The molecule has 0 saturated heterocycles. The molecule has 0 radical (unpaired) electrons. The topological polar surface area (TPSA) is 0 Å². The Morgan fingerprint density at radius 1 is 1.44 bits per heavy atom. The van der Waals surface area contributed by atoms with Crippen LogP contribution in [0, 0.1) is 0 Å². The van der Waals surface area contributed by atoms with E-state index in [1.807, 2.05) is 0 Å². The minimum Gasteiger partial charge on any atom is -0.269 e. The molecular formula is C6H9F2Ru. The first-order valence-corrected chi connectivity index (χ1v) is 3.18. The summed E-state index contributed by atoms with van der Waals surface area (Å²) in [6.45, 7) is 2.13. The minimum absolute atomic E-state index is 0. The predicted molar refractivity (Wildman–Crippen MR) is 31.5 cm³/mol. The molecule has 1 rings (SSSR count). The summed E-state index contributed by atoms with van der Waals surface area (Å²) in [7, 11) is 0. The maximum absolute atomic E-state index is 2.64. The van der Waals surface area contributed by atoms with Gasteiger partial charge in [-0.2, -0.15) is 0 Å². The summed E-state index contributed by atoms with van der Waals surface area (Å²) in [4.78, 5) is 0. The van der Waals surface area contributed by atoms with Gasteiger partial charge in [0.15, 0.2) is 0 Å². The Balaban J connectivity index is 0. The summed E-state index contributed by atoms with van der Waals surface area (Å²) >= 11 is 2.64. The van der Waals surface area contributed by atoms with E-state index in [9.17, 15) is 0 Å². The molecular weight excluding hydrogens is 211 g/mol. The summed E-state index contributed by atoms with van der Waals surface area (Å²) in [6, 6.07) is 0. The van der Waals surface area contributed by atoms with Crippen LogP contribution in [0.4, 0.5) is 9.41 Å². The molecule has 55 valence electrons. The molecule has 0 saturated carbocycles. The van der Waals surface area contributed by atoms with E-state index in [2.05, 4.69) is 37.4 Å². The second-order valence-corrected chi connectivity index (χ2v) is 2.73. The van der Waals surface area contributed by atoms with Crippen molar-refractivity contribution < 1.29 is 27.7 Å². The van der Waals surface area contributed by atoms with Gasteiger partial charge in [-0.25, -0.2) is 0 Å². The van der Waals surface area contributed by atoms with Crippen LogP contribution in [0.25, 0.3) is 0 Å². The molecule has 0 N–H and O–H groups in total. The van der Waals surface area contributed by atoms with Crippen molar-refractivity contribution in [2.24, 2.45) is 0 Å². The van der Waals surface area contributed by atoms with Crippen LogP contribution < -0.4 is 0 Å². The monoisotopic (exact) mass is 221 g/mol. The summed E-state index contributed by atoms with van der Waals surface area (Å²) < 4.78 is 1.44. The average Bonchev–Trinajstić information content (AvgIpc) is 1.91. The van der Waals surface area contributed by atoms with Gasteiger partial charge in [-0.1, -0.05) is 0 Å². The van der Waals surface area contributed by atoms with Gasteiger partial charge in [0.1, 0.15) is 0 Å². The molecule has 0 nitrogen and oxygen atoms in total. The molecule has 0 aromatic heterocycles. The molecule has 0 atom stereocenters. The SMILES string of the molecule is CC1=[C]([Ru])CC=C1.F.F. The average molecular weight is 220 g/mol. The van der Waals surface area contributed by atoms with Gasteiger partial charge in [0.2, 0.25) is 0 Å². The molecule has 0 bridgehead atoms. The Labute approximate surface area is 63.4 Å². The minimum atomic E-state index is 0. The fourth-order valence-corrected chi connectivity index (χ4v) is 0.935. The van der Waals surface area contributed by atoms with Crippen molar-refractivity contribution in [3.05, 3.63) is 21.9 Å². The molecule has 0 fully saturated rings. The molecule has 0 amide bonds. The number of allylic oxidation sites excluding steroid dienone is 4. The van der Waals surface area contributed by atoms with Crippen LogP contribution in [0.5, 0.6) is 0 Å². The first kappa shape index (κ1) is 11.7. The van der Waals surface area contributed by atoms with E-state index in [1.54, 1.807) is 0 Å². The van der Waals surface area contributed by atoms with Crippen molar-refractivity contribution in [2.75, 3.05) is 0 Å². The van der Waals surface area contributed by atoms with E-state index in [0.29, 0.717) is 0 Å². The summed E-state index contributed by atoms with van der Waals surface area (Å²) in [5.74, 6) is 0. The molecule has 0 aliphatic heterocycles. The smallest absolute Gasteiger partial charge is 0.269 e. The fraction of sp³-hybridized carbons (Fsp3) is 0.333. The van der Waals surface area contributed by atoms with Crippen molar-refractivity contribution in [3.8, 4) is 0 Å². The Morgan fingerprint density at radius 2 is 2.00 bits per heavy atom. The van der Waals surface area contributed by atoms with Crippen LogP contribution in [-0.2, 0) is 18.3 Å². The zero-order valence-electron chi connectivity index (χ0n) is 5.03. The summed E-state index contributed by atoms with van der Waals surface area (Å²) in [6.07, 6.45) is 5.48. The van der Waals surface area contributed by atoms with E-state index in [1.165, 1.54) is 9.74 Å². The zero-order chi connectivity index (χ0) is 5.28. The maximum Gasteiger partial charge on any atom is -0.269 e. The Morgan fingerprint density at radius 3 is 2.11 bits per heavy atom. The summed E-state index contributed by atoms with van der Waals surface area (Å²) in [5.41, 5.74) is 1.41. The summed E-state index contributed by atoms with van der Waals surface area (Å²) in [5, 5.41) is 0. The molecule has 1 aliphatic carbocycles. The number of rotatable bonds is 0. The van der Waals surface area contributed by atoms with Crippen molar-refractivity contribution in [1.29, 1.82) is 0 Å². The Bertz CT molecular complexity index is 138. The van der Waals surface area contributed by atoms with Crippen LogP contribution in [0.15, 0.2) is 21.9 Å². The third kappa shape index (κ3) is 2.85. The van der Waals surface area contributed by atoms with Gasteiger partial charge in [-0.15, -0.1) is 0 Å². The van der Waals surface area contributed by atoms with Crippen LogP contribution >= 0.6 is 0 Å².